The lowest BCUT2D eigenvalue weighted by molar-refractivity contribution is -0.114. The summed E-state index contributed by atoms with van der Waals surface area (Å²) < 4.78 is 0. The van der Waals surface area contributed by atoms with Crippen LogP contribution in [0.2, 0.25) is 5.02 Å². The smallest absolute Gasteiger partial charge is 0.222 e. The maximum absolute atomic E-state index is 11.4. The van der Waals surface area contributed by atoms with Crippen LogP contribution in [0.5, 0.6) is 0 Å². The van der Waals surface area contributed by atoms with Gasteiger partial charge in [0.2, 0.25) is 5.91 Å². The number of amides is 1. The number of fused-ring (bicyclic) bond motifs is 1. The molecule has 0 saturated heterocycles. The van der Waals surface area contributed by atoms with Crippen molar-refractivity contribution in [1.29, 1.82) is 0 Å². The van der Waals surface area contributed by atoms with E-state index in [1.807, 2.05) is 43.3 Å². The molecule has 0 aliphatic rings. The molecule has 0 spiro atoms. The van der Waals surface area contributed by atoms with Gasteiger partial charge in [0, 0.05) is 30.6 Å². The standard InChI is InChI=1S/C20H16ClN5O/c1-11-4-3-5-15(24-11)18-19(26-16-9-14(21)10-23-20(16)18)13-6-7-22-17(8-13)25-12(2)27/h3-10,26H,1-2H3,(H,22,25,27). The van der Waals surface area contributed by atoms with Crippen LogP contribution in [-0.4, -0.2) is 25.8 Å². The van der Waals surface area contributed by atoms with Gasteiger partial charge < -0.3 is 10.3 Å². The molecule has 27 heavy (non-hydrogen) atoms. The van der Waals surface area contributed by atoms with Crippen molar-refractivity contribution >= 4 is 34.4 Å². The van der Waals surface area contributed by atoms with E-state index in [0.717, 1.165) is 39.2 Å². The number of nitrogens with zero attached hydrogens (tertiary/aromatic N) is 3. The fourth-order valence-electron chi connectivity index (χ4n) is 3.03. The summed E-state index contributed by atoms with van der Waals surface area (Å²) in [6.45, 7) is 3.40. The van der Waals surface area contributed by atoms with Gasteiger partial charge in [0.1, 0.15) is 5.82 Å². The van der Waals surface area contributed by atoms with Crippen molar-refractivity contribution in [3.05, 3.63) is 59.5 Å². The van der Waals surface area contributed by atoms with Crippen molar-refractivity contribution in [3.8, 4) is 22.5 Å². The number of pyridine rings is 3. The third-order valence-electron chi connectivity index (χ3n) is 4.10. The van der Waals surface area contributed by atoms with Gasteiger partial charge in [0.15, 0.2) is 0 Å². The van der Waals surface area contributed by atoms with Gasteiger partial charge in [-0.2, -0.15) is 0 Å². The van der Waals surface area contributed by atoms with E-state index in [1.54, 1.807) is 12.4 Å². The molecule has 0 unspecified atom stereocenters. The van der Waals surface area contributed by atoms with E-state index >= 15 is 0 Å². The quantitative estimate of drug-likeness (QED) is 0.546. The molecular formula is C20H16ClN5O. The number of aromatic amines is 1. The number of hydrogen-bond acceptors (Lipinski definition) is 4. The predicted octanol–water partition coefficient (Wildman–Crippen LogP) is 4.61. The van der Waals surface area contributed by atoms with Crippen molar-refractivity contribution in [2.45, 2.75) is 13.8 Å². The van der Waals surface area contributed by atoms with E-state index < -0.39 is 0 Å². The average molecular weight is 378 g/mol. The fourth-order valence-corrected chi connectivity index (χ4v) is 3.19. The lowest BCUT2D eigenvalue weighted by atomic mass is 10.0. The molecule has 0 aliphatic carbocycles. The highest BCUT2D eigenvalue weighted by atomic mass is 35.5. The molecule has 0 aliphatic heterocycles. The third kappa shape index (κ3) is 3.39. The zero-order chi connectivity index (χ0) is 19.0. The lowest BCUT2D eigenvalue weighted by Gasteiger charge is -2.07. The molecule has 4 rings (SSSR count). The molecular weight excluding hydrogens is 362 g/mol. The Morgan fingerprint density at radius 2 is 2.04 bits per heavy atom. The van der Waals surface area contributed by atoms with Crippen LogP contribution in [0.4, 0.5) is 5.82 Å². The summed E-state index contributed by atoms with van der Waals surface area (Å²) in [5, 5.41) is 3.26. The highest BCUT2D eigenvalue weighted by molar-refractivity contribution is 6.31. The second kappa shape index (κ2) is 6.81. The van der Waals surface area contributed by atoms with Crippen molar-refractivity contribution in [2.75, 3.05) is 5.32 Å². The first kappa shape index (κ1) is 17.2. The minimum Gasteiger partial charge on any atom is -0.353 e. The zero-order valence-corrected chi connectivity index (χ0v) is 15.5. The predicted molar refractivity (Wildman–Crippen MR) is 107 cm³/mol. The molecule has 4 heterocycles. The van der Waals surface area contributed by atoms with Crippen LogP contribution in [0.3, 0.4) is 0 Å². The second-order valence-electron chi connectivity index (χ2n) is 6.20. The van der Waals surface area contributed by atoms with Crippen LogP contribution in [0.15, 0.2) is 48.8 Å². The average Bonchev–Trinajstić information content (AvgIpc) is 3.00. The molecule has 4 aromatic rings. The van der Waals surface area contributed by atoms with Gasteiger partial charge in [-0.25, -0.2) is 4.98 Å². The number of anilines is 1. The van der Waals surface area contributed by atoms with E-state index in [2.05, 4.69) is 25.3 Å². The van der Waals surface area contributed by atoms with Gasteiger partial charge in [-0.3, -0.25) is 14.8 Å². The van der Waals surface area contributed by atoms with E-state index in [1.165, 1.54) is 6.92 Å². The largest absolute Gasteiger partial charge is 0.353 e. The van der Waals surface area contributed by atoms with Gasteiger partial charge in [-0.1, -0.05) is 17.7 Å². The molecule has 134 valence electrons. The van der Waals surface area contributed by atoms with Crippen molar-refractivity contribution < 1.29 is 4.79 Å². The minimum atomic E-state index is -0.176. The molecule has 4 aromatic heterocycles. The number of carbonyl (C=O) groups is 1. The summed E-state index contributed by atoms with van der Waals surface area (Å²) in [6, 6.07) is 11.4. The lowest BCUT2D eigenvalue weighted by Crippen LogP contribution is -2.07. The van der Waals surface area contributed by atoms with Crippen LogP contribution >= 0.6 is 11.6 Å². The summed E-state index contributed by atoms with van der Waals surface area (Å²) in [6.07, 6.45) is 3.27. The van der Waals surface area contributed by atoms with Gasteiger partial charge in [0.05, 0.1) is 33.0 Å². The first-order valence-electron chi connectivity index (χ1n) is 8.36. The first-order valence-corrected chi connectivity index (χ1v) is 8.74. The maximum atomic E-state index is 11.4. The Hall–Kier alpha value is -3.25. The van der Waals surface area contributed by atoms with Gasteiger partial charge in [0.25, 0.3) is 0 Å². The zero-order valence-electron chi connectivity index (χ0n) is 14.7. The molecule has 0 fully saturated rings. The Morgan fingerprint density at radius 3 is 2.81 bits per heavy atom. The Morgan fingerprint density at radius 1 is 1.19 bits per heavy atom. The Labute approximate surface area is 160 Å². The molecule has 1 amide bonds. The number of aromatic nitrogens is 4. The first-order chi connectivity index (χ1) is 13.0. The molecule has 7 heteroatoms. The van der Waals surface area contributed by atoms with Crippen LogP contribution in [0.25, 0.3) is 33.5 Å². The number of hydrogen-bond donors (Lipinski definition) is 2. The Balaban J connectivity index is 1.97. The second-order valence-corrected chi connectivity index (χ2v) is 6.64. The number of carbonyl (C=O) groups excluding carboxylic acids is 1. The van der Waals surface area contributed by atoms with Crippen molar-refractivity contribution in [2.24, 2.45) is 0 Å². The molecule has 0 radical (unpaired) electrons. The Kier molecular flexibility index (Phi) is 4.33. The minimum absolute atomic E-state index is 0.176. The van der Waals surface area contributed by atoms with Crippen LogP contribution < -0.4 is 5.32 Å². The fraction of sp³-hybridized carbons (Fsp3) is 0.100. The van der Waals surface area contributed by atoms with Crippen molar-refractivity contribution in [1.82, 2.24) is 19.9 Å². The summed E-state index contributed by atoms with van der Waals surface area (Å²) in [5.74, 6) is 0.304. The number of aryl methyl sites for hydroxylation is 1. The number of H-pyrrole nitrogens is 1. The molecule has 2 N–H and O–H groups in total. The maximum Gasteiger partial charge on any atom is 0.222 e. The van der Waals surface area contributed by atoms with Gasteiger partial charge in [-0.05, 0) is 37.3 Å². The normalized spacial score (nSPS) is 10.9. The highest BCUT2D eigenvalue weighted by Crippen LogP contribution is 2.37. The number of rotatable bonds is 3. The van der Waals surface area contributed by atoms with Crippen molar-refractivity contribution in [3.63, 3.8) is 0 Å². The summed E-state index contributed by atoms with van der Waals surface area (Å²) in [4.78, 5) is 28.1. The Bertz CT molecular complexity index is 1170. The third-order valence-corrected chi connectivity index (χ3v) is 4.30. The molecule has 0 bridgehead atoms. The summed E-state index contributed by atoms with van der Waals surface area (Å²) in [7, 11) is 0. The highest BCUT2D eigenvalue weighted by Gasteiger charge is 2.18. The molecule has 0 saturated carbocycles. The topological polar surface area (TPSA) is 83.6 Å². The van der Waals surface area contributed by atoms with Gasteiger partial charge in [-0.15, -0.1) is 0 Å². The number of nitrogens with one attached hydrogen (secondary N) is 2. The van der Waals surface area contributed by atoms with Crippen LogP contribution in [0.1, 0.15) is 12.6 Å². The summed E-state index contributed by atoms with van der Waals surface area (Å²) >= 11 is 6.12. The molecule has 0 atom stereocenters. The van der Waals surface area contributed by atoms with E-state index in [0.29, 0.717) is 10.8 Å². The van der Waals surface area contributed by atoms with Gasteiger partial charge >= 0.3 is 0 Å². The van der Waals surface area contributed by atoms with E-state index in [-0.39, 0.29) is 5.91 Å². The summed E-state index contributed by atoms with van der Waals surface area (Å²) in [5.41, 5.74) is 5.90. The van der Waals surface area contributed by atoms with E-state index in [9.17, 15) is 4.79 Å². The van der Waals surface area contributed by atoms with Crippen LogP contribution in [-0.2, 0) is 4.79 Å². The van der Waals surface area contributed by atoms with Crippen LogP contribution in [0, 0.1) is 6.92 Å². The SMILES string of the molecule is CC(=O)Nc1cc(-c2[nH]c3cc(Cl)cnc3c2-c2cccc(C)n2)ccn1. The number of halogens is 1. The molecule has 0 aromatic carbocycles. The molecule has 6 nitrogen and oxygen atoms in total. The monoisotopic (exact) mass is 377 g/mol. The van der Waals surface area contributed by atoms with E-state index in [4.69, 9.17) is 11.6 Å².